The zero-order valence-electron chi connectivity index (χ0n) is 9.43. The Morgan fingerprint density at radius 3 is 3.00 bits per heavy atom. The maximum absolute atomic E-state index is 11.9. The molecular weight excluding hydrogens is 236 g/mol. The Morgan fingerprint density at radius 2 is 2.22 bits per heavy atom. The summed E-state index contributed by atoms with van der Waals surface area (Å²) in [5.74, 6) is 0.328. The molecule has 1 N–H and O–H groups in total. The minimum atomic E-state index is -0.483. The topological polar surface area (TPSA) is 81.5 Å². The van der Waals surface area contributed by atoms with Gasteiger partial charge in [-0.05, 0) is 18.1 Å². The van der Waals surface area contributed by atoms with Crippen molar-refractivity contribution in [1.82, 2.24) is 5.32 Å². The van der Waals surface area contributed by atoms with Gasteiger partial charge in [0.05, 0.1) is 10.5 Å². The van der Waals surface area contributed by atoms with Crippen LogP contribution in [0.3, 0.4) is 0 Å². The molecule has 0 unspecified atom stereocenters. The highest BCUT2D eigenvalue weighted by atomic mass is 16.6. The van der Waals surface area contributed by atoms with Gasteiger partial charge >= 0.3 is 0 Å². The third kappa shape index (κ3) is 1.54. The molecule has 2 aliphatic rings. The highest BCUT2D eigenvalue weighted by molar-refractivity contribution is 6.01. The predicted molar refractivity (Wildman–Crippen MR) is 62.9 cm³/mol. The Morgan fingerprint density at radius 1 is 1.39 bits per heavy atom. The number of nitrogens with one attached hydrogen (secondary N) is 1. The summed E-state index contributed by atoms with van der Waals surface area (Å²) < 4.78 is 5.32. The maximum atomic E-state index is 11.9. The Labute approximate surface area is 102 Å². The van der Waals surface area contributed by atoms with Crippen molar-refractivity contribution in [3.05, 3.63) is 44.6 Å². The number of ether oxygens (including phenoxy) is 1. The van der Waals surface area contributed by atoms with E-state index in [-0.39, 0.29) is 18.2 Å². The standard InChI is InChI=1S/C12H10N2O4/c15-12-11-7(3-4-13-12)1-2-10-9(11)5-8(6-18-10)14(16)17/h1-2,5H,3-4,6H2,(H,13,15). The molecule has 0 saturated carbocycles. The first kappa shape index (κ1) is 10.8. The zero-order chi connectivity index (χ0) is 12.7. The molecule has 6 nitrogen and oxygen atoms in total. The van der Waals surface area contributed by atoms with Crippen LogP contribution in [0.1, 0.15) is 21.5 Å². The minimum Gasteiger partial charge on any atom is -0.482 e. The summed E-state index contributed by atoms with van der Waals surface area (Å²) in [4.78, 5) is 22.2. The highest BCUT2D eigenvalue weighted by Crippen LogP contribution is 2.32. The quantitative estimate of drug-likeness (QED) is 0.591. The fraction of sp³-hybridized carbons (Fsp3) is 0.250. The summed E-state index contributed by atoms with van der Waals surface area (Å²) in [5.41, 5.74) is 1.89. The Kier molecular flexibility index (Phi) is 2.29. The number of hydrogen-bond donors (Lipinski definition) is 1. The first-order valence-corrected chi connectivity index (χ1v) is 5.58. The largest absolute Gasteiger partial charge is 0.482 e. The molecule has 18 heavy (non-hydrogen) atoms. The van der Waals surface area contributed by atoms with Crippen molar-refractivity contribution in [2.75, 3.05) is 13.2 Å². The van der Waals surface area contributed by atoms with E-state index in [0.717, 1.165) is 12.0 Å². The molecule has 6 heteroatoms. The summed E-state index contributed by atoms with van der Waals surface area (Å²) in [6.45, 7) is 0.525. The van der Waals surface area contributed by atoms with E-state index in [9.17, 15) is 14.9 Å². The molecule has 0 bridgehead atoms. The van der Waals surface area contributed by atoms with Gasteiger partial charge < -0.3 is 10.1 Å². The van der Waals surface area contributed by atoms with Gasteiger partial charge in [0.1, 0.15) is 5.75 Å². The fourth-order valence-electron chi connectivity index (χ4n) is 2.26. The van der Waals surface area contributed by atoms with Crippen molar-refractivity contribution in [2.45, 2.75) is 6.42 Å². The normalized spacial score (nSPS) is 16.9. The fourth-order valence-corrected chi connectivity index (χ4v) is 2.26. The van der Waals surface area contributed by atoms with E-state index in [4.69, 9.17) is 4.74 Å². The molecule has 2 heterocycles. The number of carbonyl (C=O) groups is 1. The summed E-state index contributed by atoms with van der Waals surface area (Å²) in [6, 6.07) is 3.61. The van der Waals surface area contributed by atoms with Crippen LogP contribution < -0.4 is 10.1 Å². The average Bonchev–Trinajstić information content (AvgIpc) is 2.37. The molecule has 1 aromatic carbocycles. The third-order valence-electron chi connectivity index (χ3n) is 3.12. The second-order valence-corrected chi connectivity index (χ2v) is 4.20. The number of amides is 1. The molecule has 3 rings (SSSR count). The van der Waals surface area contributed by atoms with Crippen LogP contribution in [0, 0.1) is 10.1 Å². The first-order chi connectivity index (χ1) is 8.66. The van der Waals surface area contributed by atoms with E-state index in [1.165, 1.54) is 6.08 Å². The van der Waals surface area contributed by atoms with Crippen molar-refractivity contribution < 1.29 is 14.5 Å². The summed E-state index contributed by atoms with van der Waals surface area (Å²) >= 11 is 0. The van der Waals surface area contributed by atoms with Gasteiger partial charge in [-0.25, -0.2) is 0 Å². The van der Waals surface area contributed by atoms with Crippen LogP contribution in [0.15, 0.2) is 17.8 Å². The molecule has 0 atom stereocenters. The molecule has 0 aliphatic carbocycles. The summed E-state index contributed by atoms with van der Waals surface area (Å²) in [5, 5.41) is 13.5. The van der Waals surface area contributed by atoms with Crippen LogP contribution in [0.4, 0.5) is 0 Å². The van der Waals surface area contributed by atoms with Gasteiger partial charge in [0.25, 0.3) is 11.6 Å². The maximum Gasteiger partial charge on any atom is 0.284 e. The number of nitro groups is 1. The molecule has 0 fully saturated rings. The molecular formula is C12H10N2O4. The summed E-state index contributed by atoms with van der Waals surface area (Å²) in [7, 11) is 0. The van der Waals surface area contributed by atoms with Crippen molar-refractivity contribution >= 4 is 12.0 Å². The number of carbonyl (C=O) groups excluding carboxylic acids is 1. The van der Waals surface area contributed by atoms with Gasteiger partial charge in [0, 0.05) is 18.2 Å². The Hall–Kier alpha value is -2.37. The molecule has 0 radical (unpaired) electrons. The second-order valence-electron chi connectivity index (χ2n) is 4.20. The lowest BCUT2D eigenvalue weighted by molar-refractivity contribution is -0.427. The van der Waals surface area contributed by atoms with Gasteiger partial charge in [-0.3, -0.25) is 14.9 Å². The number of hydrogen-bond acceptors (Lipinski definition) is 4. The number of rotatable bonds is 1. The SMILES string of the molecule is O=C1NCCc2ccc3c(c21)C=C([N+](=O)[O-])CO3. The van der Waals surface area contributed by atoms with E-state index in [0.29, 0.717) is 23.4 Å². The number of benzene rings is 1. The van der Waals surface area contributed by atoms with Crippen LogP contribution in [-0.2, 0) is 6.42 Å². The van der Waals surface area contributed by atoms with Gasteiger partial charge in [0.2, 0.25) is 0 Å². The number of fused-ring (bicyclic) bond motifs is 3. The molecule has 0 aromatic heterocycles. The molecule has 2 aliphatic heterocycles. The van der Waals surface area contributed by atoms with Crippen molar-refractivity contribution in [3.63, 3.8) is 0 Å². The average molecular weight is 246 g/mol. The van der Waals surface area contributed by atoms with Crippen molar-refractivity contribution in [1.29, 1.82) is 0 Å². The lowest BCUT2D eigenvalue weighted by atomic mass is 9.93. The van der Waals surface area contributed by atoms with E-state index < -0.39 is 4.92 Å². The van der Waals surface area contributed by atoms with Crippen molar-refractivity contribution in [3.8, 4) is 5.75 Å². The monoisotopic (exact) mass is 246 g/mol. The van der Waals surface area contributed by atoms with Crippen LogP contribution in [0.2, 0.25) is 0 Å². The van der Waals surface area contributed by atoms with Gasteiger partial charge in [-0.1, -0.05) is 6.07 Å². The van der Waals surface area contributed by atoms with E-state index in [1.54, 1.807) is 6.07 Å². The molecule has 92 valence electrons. The third-order valence-corrected chi connectivity index (χ3v) is 3.12. The Bertz CT molecular complexity index is 592. The summed E-state index contributed by atoms with van der Waals surface area (Å²) in [6.07, 6.45) is 2.17. The number of nitrogens with zero attached hydrogens (tertiary/aromatic N) is 1. The minimum absolute atomic E-state index is 0.0331. The smallest absolute Gasteiger partial charge is 0.284 e. The zero-order valence-corrected chi connectivity index (χ0v) is 9.43. The van der Waals surface area contributed by atoms with Gasteiger partial charge in [0.15, 0.2) is 6.61 Å². The van der Waals surface area contributed by atoms with Crippen molar-refractivity contribution in [2.24, 2.45) is 0 Å². The van der Waals surface area contributed by atoms with E-state index in [2.05, 4.69) is 5.32 Å². The molecule has 0 spiro atoms. The van der Waals surface area contributed by atoms with Crippen LogP contribution in [0.5, 0.6) is 5.75 Å². The first-order valence-electron chi connectivity index (χ1n) is 5.58. The second kappa shape index (κ2) is 3.83. The predicted octanol–water partition coefficient (Wildman–Crippen LogP) is 0.982. The van der Waals surface area contributed by atoms with Gasteiger partial charge in [-0.15, -0.1) is 0 Å². The lowest BCUT2D eigenvalue weighted by Gasteiger charge is -2.22. The highest BCUT2D eigenvalue weighted by Gasteiger charge is 2.27. The molecule has 1 aromatic rings. The molecule has 1 amide bonds. The Balaban J connectivity index is 2.21. The van der Waals surface area contributed by atoms with E-state index in [1.807, 2.05) is 6.07 Å². The van der Waals surface area contributed by atoms with Crippen LogP contribution in [0.25, 0.3) is 6.08 Å². The van der Waals surface area contributed by atoms with Crippen LogP contribution in [-0.4, -0.2) is 24.0 Å². The van der Waals surface area contributed by atoms with E-state index >= 15 is 0 Å². The van der Waals surface area contributed by atoms with Crippen LogP contribution >= 0.6 is 0 Å². The lowest BCUT2D eigenvalue weighted by Crippen LogP contribution is -2.33. The molecule has 0 saturated heterocycles. The van der Waals surface area contributed by atoms with Gasteiger partial charge in [-0.2, -0.15) is 0 Å².